The number of carbonyl (C=O) groups excluding carboxylic acids is 1. The second-order valence-electron chi connectivity index (χ2n) is 8.83. The summed E-state index contributed by atoms with van der Waals surface area (Å²) >= 11 is 0. The zero-order chi connectivity index (χ0) is 23.9. The summed E-state index contributed by atoms with van der Waals surface area (Å²) in [6, 6.07) is 19.8. The number of amides is 1. The highest BCUT2D eigenvalue weighted by atomic mass is 16.5. The van der Waals surface area contributed by atoms with Gasteiger partial charge in [0.1, 0.15) is 11.5 Å². The molecular weight excluding hydrogens is 426 g/mol. The van der Waals surface area contributed by atoms with Crippen LogP contribution < -0.4 is 14.8 Å². The number of hydrogen-bond acceptors (Lipinski definition) is 5. The fraction of sp³-hybridized carbons (Fsp3) is 0.357. The van der Waals surface area contributed by atoms with Crippen LogP contribution in [0.3, 0.4) is 0 Å². The van der Waals surface area contributed by atoms with Gasteiger partial charge in [0.05, 0.1) is 26.0 Å². The van der Waals surface area contributed by atoms with Crippen LogP contribution >= 0.6 is 0 Å². The number of benzene rings is 2. The minimum atomic E-state index is -0.253. The summed E-state index contributed by atoms with van der Waals surface area (Å²) < 4.78 is 10.8. The van der Waals surface area contributed by atoms with Crippen molar-refractivity contribution in [2.24, 2.45) is 5.92 Å². The molecule has 2 heterocycles. The average Bonchev–Trinajstić information content (AvgIpc) is 2.88. The topological polar surface area (TPSA) is 63.7 Å². The Hall–Kier alpha value is -3.38. The molecule has 34 heavy (non-hydrogen) atoms. The van der Waals surface area contributed by atoms with Gasteiger partial charge in [-0.05, 0) is 67.7 Å². The van der Waals surface area contributed by atoms with E-state index in [1.807, 2.05) is 67.6 Å². The molecule has 1 N–H and O–H groups in total. The molecule has 0 saturated carbocycles. The van der Waals surface area contributed by atoms with Crippen LogP contribution in [0.1, 0.15) is 41.3 Å². The van der Waals surface area contributed by atoms with Gasteiger partial charge in [-0.25, -0.2) is 0 Å². The smallest absolute Gasteiger partial charge is 0.224 e. The molecular formula is C28H33N3O3. The van der Waals surface area contributed by atoms with Gasteiger partial charge >= 0.3 is 0 Å². The quantitative estimate of drug-likeness (QED) is 0.536. The van der Waals surface area contributed by atoms with Crippen molar-refractivity contribution in [2.45, 2.75) is 32.4 Å². The zero-order valence-corrected chi connectivity index (χ0v) is 20.2. The Kier molecular flexibility index (Phi) is 7.80. The molecule has 3 aromatic rings. The Bertz CT molecular complexity index is 1070. The first-order valence-electron chi connectivity index (χ1n) is 11.8. The summed E-state index contributed by atoms with van der Waals surface area (Å²) in [6.07, 6.45) is 3.45. The summed E-state index contributed by atoms with van der Waals surface area (Å²) in [5.41, 5.74) is 4.16. The monoisotopic (exact) mass is 459 g/mol. The van der Waals surface area contributed by atoms with Gasteiger partial charge in [-0.1, -0.05) is 36.4 Å². The highest BCUT2D eigenvalue weighted by Crippen LogP contribution is 2.27. The number of pyridine rings is 1. The number of ether oxygens (including phenoxy) is 2. The van der Waals surface area contributed by atoms with E-state index in [4.69, 9.17) is 9.47 Å². The average molecular weight is 460 g/mol. The number of likely N-dealkylation sites (tertiary alicyclic amines) is 1. The first kappa shape index (κ1) is 23.8. The highest BCUT2D eigenvalue weighted by molar-refractivity contribution is 5.79. The first-order valence-corrected chi connectivity index (χ1v) is 11.8. The van der Waals surface area contributed by atoms with Crippen molar-refractivity contribution in [1.82, 2.24) is 15.2 Å². The number of hydrogen-bond donors (Lipinski definition) is 1. The van der Waals surface area contributed by atoms with E-state index in [9.17, 15) is 4.79 Å². The number of nitrogens with one attached hydrogen (secondary N) is 1. The van der Waals surface area contributed by atoms with E-state index < -0.39 is 0 Å². The molecule has 0 aliphatic carbocycles. The normalized spacial score (nSPS) is 15.5. The van der Waals surface area contributed by atoms with Crippen molar-refractivity contribution in [3.8, 4) is 11.5 Å². The van der Waals surface area contributed by atoms with Crippen LogP contribution in [0.2, 0.25) is 0 Å². The van der Waals surface area contributed by atoms with Gasteiger partial charge in [0.15, 0.2) is 0 Å². The summed E-state index contributed by atoms with van der Waals surface area (Å²) in [5.74, 6) is 1.67. The molecule has 4 rings (SSSR count). The fourth-order valence-corrected chi connectivity index (χ4v) is 4.58. The molecule has 1 fully saturated rings. The molecule has 178 valence electrons. The molecule has 1 aliphatic heterocycles. The summed E-state index contributed by atoms with van der Waals surface area (Å²) in [4.78, 5) is 20.3. The van der Waals surface area contributed by atoms with Gasteiger partial charge in [-0.3, -0.25) is 14.7 Å². The predicted molar refractivity (Wildman–Crippen MR) is 133 cm³/mol. The maximum Gasteiger partial charge on any atom is 0.224 e. The molecule has 1 aromatic heterocycles. The van der Waals surface area contributed by atoms with Crippen molar-refractivity contribution >= 4 is 5.91 Å². The van der Waals surface area contributed by atoms with Gasteiger partial charge in [-0.2, -0.15) is 0 Å². The van der Waals surface area contributed by atoms with Crippen LogP contribution in [0, 0.1) is 12.8 Å². The van der Waals surface area contributed by atoms with Crippen molar-refractivity contribution in [3.63, 3.8) is 0 Å². The largest absolute Gasteiger partial charge is 0.497 e. The number of aryl methyl sites for hydroxylation is 1. The molecule has 1 amide bonds. The molecule has 0 radical (unpaired) electrons. The lowest BCUT2D eigenvalue weighted by Gasteiger charge is -2.32. The van der Waals surface area contributed by atoms with E-state index in [0.29, 0.717) is 0 Å². The number of nitrogens with zero attached hydrogens (tertiary/aromatic N) is 2. The third-order valence-electron chi connectivity index (χ3n) is 6.52. The highest BCUT2D eigenvalue weighted by Gasteiger charge is 2.28. The van der Waals surface area contributed by atoms with E-state index in [2.05, 4.69) is 15.2 Å². The lowest BCUT2D eigenvalue weighted by molar-refractivity contribution is -0.127. The summed E-state index contributed by atoms with van der Waals surface area (Å²) in [6.45, 7) is 4.59. The lowest BCUT2D eigenvalue weighted by Crippen LogP contribution is -2.41. The van der Waals surface area contributed by atoms with E-state index >= 15 is 0 Å². The maximum absolute atomic E-state index is 13.3. The van der Waals surface area contributed by atoms with E-state index in [1.165, 1.54) is 0 Å². The van der Waals surface area contributed by atoms with E-state index in [-0.39, 0.29) is 17.9 Å². The molecule has 1 aliphatic rings. The predicted octanol–water partition coefficient (Wildman–Crippen LogP) is 4.53. The number of aromatic nitrogens is 1. The molecule has 2 aromatic carbocycles. The van der Waals surface area contributed by atoms with Gasteiger partial charge in [0.25, 0.3) is 0 Å². The Morgan fingerprint density at radius 1 is 1.03 bits per heavy atom. The number of methoxy groups -OCH3 is 2. The second-order valence-corrected chi connectivity index (χ2v) is 8.83. The van der Waals surface area contributed by atoms with Gasteiger partial charge in [0.2, 0.25) is 5.91 Å². The van der Waals surface area contributed by atoms with Crippen molar-refractivity contribution in [2.75, 3.05) is 27.3 Å². The van der Waals surface area contributed by atoms with Gasteiger partial charge in [-0.15, -0.1) is 0 Å². The number of piperidine rings is 1. The summed E-state index contributed by atoms with van der Waals surface area (Å²) in [7, 11) is 3.33. The van der Waals surface area contributed by atoms with Crippen molar-refractivity contribution in [3.05, 3.63) is 89.2 Å². The first-order chi connectivity index (χ1) is 16.6. The van der Waals surface area contributed by atoms with Crippen LogP contribution in [-0.2, 0) is 11.3 Å². The Labute approximate surface area is 201 Å². The molecule has 6 heteroatoms. The molecule has 1 saturated heterocycles. The molecule has 0 spiro atoms. The zero-order valence-electron chi connectivity index (χ0n) is 20.2. The third kappa shape index (κ3) is 5.75. The third-order valence-corrected chi connectivity index (χ3v) is 6.52. The molecule has 6 nitrogen and oxygen atoms in total. The molecule has 1 atom stereocenters. The van der Waals surface area contributed by atoms with Crippen LogP contribution in [-0.4, -0.2) is 43.1 Å². The summed E-state index contributed by atoms with van der Waals surface area (Å²) in [5, 5.41) is 3.30. The number of rotatable bonds is 8. The van der Waals surface area contributed by atoms with Crippen LogP contribution in [0.25, 0.3) is 0 Å². The fourth-order valence-electron chi connectivity index (χ4n) is 4.58. The minimum absolute atomic E-state index is 0.00803. The van der Waals surface area contributed by atoms with Gasteiger partial charge < -0.3 is 14.8 Å². The SMILES string of the molecule is COc1cc(CN2CCC(C(=O)NC(c3ccccc3)c3ncccc3C)CC2)cc(OC)c1. The van der Waals surface area contributed by atoms with E-state index in [1.54, 1.807) is 20.4 Å². The van der Waals surface area contributed by atoms with Crippen molar-refractivity contribution < 1.29 is 14.3 Å². The Morgan fingerprint density at radius 2 is 1.71 bits per heavy atom. The van der Waals surface area contributed by atoms with Crippen LogP contribution in [0.4, 0.5) is 0 Å². The molecule has 1 unspecified atom stereocenters. The lowest BCUT2D eigenvalue weighted by atomic mass is 9.93. The standard InChI is InChI=1S/C28H33N3O3/c1-20-8-7-13-29-26(20)27(22-9-5-4-6-10-22)30-28(32)23-11-14-31(15-12-23)19-21-16-24(33-2)18-25(17-21)34-3/h4-10,13,16-18,23,27H,11-12,14-15,19H2,1-3H3,(H,30,32). The van der Waals surface area contributed by atoms with Gasteiger partial charge in [0, 0.05) is 24.7 Å². The number of carbonyl (C=O) groups is 1. The maximum atomic E-state index is 13.3. The van der Waals surface area contributed by atoms with Crippen LogP contribution in [0.15, 0.2) is 66.9 Å². The Morgan fingerprint density at radius 3 is 2.32 bits per heavy atom. The van der Waals surface area contributed by atoms with Crippen LogP contribution in [0.5, 0.6) is 11.5 Å². The second kappa shape index (κ2) is 11.2. The van der Waals surface area contributed by atoms with E-state index in [0.717, 1.165) is 66.4 Å². The molecule has 0 bridgehead atoms. The van der Waals surface area contributed by atoms with Crippen molar-refractivity contribution in [1.29, 1.82) is 0 Å². The Balaban J connectivity index is 1.40. The minimum Gasteiger partial charge on any atom is -0.497 e.